The number of halogens is 1. The molecule has 0 bridgehead atoms. The Hall–Kier alpha value is -3.42. The van der Waals surface area contributed by atoms with Gasteiger partial charge in [0.25, 0.3) is 11.5 Å². The van der Waals surface area contributed by atoms with Crippen molar-refractivity contribution in [2.75, 3.05) is 0 Å². The van der Waals surface area contributed by atoms with E-state index in [0.29, 0.717) is 16.7 Å². The molecular weight excluding hydrogens is 418 g/mol. The van der Waals surface area contributed by atoms with Crippen molar-refractivity contribution >= 4 is 23.5 Å². The van der Waals surface area contributed by atoms with Crippen LogP contribution in [0.4, 0.5) is 0 Å². The molecule has 0 fully saturated rings. The number of nitrogens with zero attached hydrogens (tertiary/aromatic N) is 1. The molecule has 160 valence electrons. The zero-order valence-electron chi connectivity index (χ0n) is 16.8. The third-order valence-electron chi connectivity index (χ3n) is 4.98. The number of pyridine rings is 1. The van der Waals surface area contributed by atoms with Gasteiger partial charge in [-0.1, -0.05) is 48.0 Å². The van der Waals surface area contributed by atoms with Crippen molar-refractivity contribution in [3.8, 4) is 11.1 Å². The number of carboxylic acid groups (broad SMARTS) is 1. The molecule has 0 radical (unpaired) electrons. The number of carbonyl (C=O) groups is 2. The molecule has 1 unspecified atom stereocenters. The predicted molar refractivity (Wildman–Crippen MR) is 119 cm³/mol. The van der Waals surface area contributed by atoms with Crippen molar-refractivity contribution in [1.82, 2.24) is 9.88 Å². The number of amides is 1. The lowest BCUT2D eigenvalue weighted by molar-refractivity contribution is -0.139. The van der Waals surface area contributed by atoms with Crippen LogP contribution in [0.25, 0.3) is 11.1 Å². The maximum atomic E-state index is 12.7. The molecule has 8 heteroatoms. The number of benzene rings is 2. The molecule has 0 aliphatic rings. The molecule has 0 aliphatic carbocycles. The van der Waals surface area contributed by atoms with Crippen LogP contribution in [0.3, 0.4) is 0 Å². The van der Waals surface area contributed by atoms with Crippen molar-refractivity contribution in [2.45, 2.75) is 19.0 Å². The van der Waals surface area contributed by atoms with Gasteiger partial charge in [0, 0.05) is 31.8 Å². The van der Waals surface area contributed by atoms with Crippen molar-refractivity contribution in [3.05, 3.63) is 92.9 Å². The van der Waals surface area contributed by atoms with E-state index in [1.807, 2.05) is 0 Å². The van der Waals surface area contributed by atoms with E-state index in [1.54, 1.807) is 67.8 Å². The molecule has 4 N–H and O–H groups in total. The molecule has 7 nitrogen and oxygen atoms in total. The molecule has 1 amide bonds. The van der Waals surface area contributed by atoms with Crippen LogP contribution in [-0.4, -0.2) is 27.6 Å². The van der Waals surface area contributed by atoms with Crippen LogP contribution in [0.2, 0.25) is 5.02 Å². The van der Waals surface area contributed by atoms with E-state index >= 15 is 0 Å². The van der Waals surface area contributed by atoms with Crippen LogP contribution in [0.1, 0.15) is 21.5 Å². The lowest BCUT2D eigenvalue weighted by Gasteiger charge is -2.17. The number of aromatic nitrogens is 1. The smallest absolute Gasteiger partial charge is 0.326 e. The maximum absolute atomic E-state index is 12.7. The molecule has 0 spiro atoms. The fourth-order valence-electron chi connectivity index (χ4n) is 3.30. The highest BCUT2D eigenvalue weighted by Crippen LogP contribution is 2.21. The van der Waals surface area contributed by atoms with Crippen molar-refractivity contribution in [1.29, 1.82) is 0 Å². The van der Waals surface area contributed by atoms with Crippen molar-refractivity contribution in [3.63, 3.8) is 0 Å². The molecule has 1 atom stereocenters. The summed E-state index contributed by atoms with van der Waals surface area (Å²) in [7, 11) is 1.68. The van der Waals surface area contributed by atoms with E-state index in [0.717, 1.165) is 5.56 Å². The molecule has 0 saturated heterocycles. The second-order valence-corrected chi connectivity index (χ2v) is 7.49. The van der Waals surface area contributed by atoms with Gasteiger partial charge in [0.05, 0.1) is 10.6 Å². The molecule has 3 aromatic rings. The van der Waals surface area contributed by atoms with Gasteiger partial charge in [0.1, 0.15) is 6.04 Å². The fourth-order valence-corrected chi connectivity index (χ4v) is 3.58. The number of rotatable bonds is 7. The standard InChI is InChI=1S/C23H22ClN3O4/c1-27-11-3-5-17(22(27)29)15-9-7-14(8-10-15)12-19(23(30)31)26-21(28)20-16(13-25)4-2-6-18(20)24/h2-11,19H,12-13,25H2,1H3,(H,26,28)(H,30,31). The summed E-state index contributed by atoms with van der Waals surface area (Å²) in [5.41, 5.74) is 8.23. The van der Waals surface area contributed by atoms with Gasteiger partial charge < -0.3 is 20.7 Å². The maximum Gasteiger partial charge on any atom is 0.326 e. The Labute approximate surface area is 184 Å². The van der Waals surface area contributed by atoms with Gasteiger partial charge in [-0.25, -0.2) is 4.79 Å². The molecular formula is C23H22ClN3O4. The summed E-state index contributed by atoms with van der Waals surface area (Å²) in [5.74, 6) is -1.77. The highest BCUT2D eigenvalue weighted by molar-refractivity contribution is 6.34. The summed E-state index contributed by atoms with van der Waals surface area (Å²) >= 11 is 6.13. The number of hydrogen-bond donors (Lipinski definition) is 3. The monoisotopic (exact) mass is 439 g/mol. The summed E-state index contributed by atoms with van der Waals surface area (Å²) < 4.78 is 1.49. The summed E-state index contributed by atoms with van der Waals surface area (Å²) in [6.45, 7) is 0.0987. The first-order valence-corrected chi connectivity index (χ1v) is 9.95. The largest absolute Gasteiger partial charge is 0.480 e. The average Bonchev–Trinajstić information content (AvgIpc) is 2.75. The minimum atomic E-state index is -1.17. The molecule has 3 rings (SSSR count). The van der Waals surface area contributed by atoms with Crippen LogP contribution < -0.4 is 16.6 Å². The predicted octanol–water partition coefficient (Wildman–Crippen LogP) is 2.59. The van der Waals surface area contributed by atoms with Crippen LogP contribution >= 0.6 is 11.6 Å². The van der Waals surface area contributed by atoms with Crippen LogP contribution in [0.15, 0.2) is 65.6 Å². The molecule has 0 aliphatic heterocycles. The Kier molecular flexibility index (Phi) is 6.89. The minimum Gasteiger partial charge on any atom is -0.480 e. The van der Waals surface area contributed by atoms with Crippen molar-refractivity contribution < 1.29 is 14.7 Å². The van der Waals surface area contributed by atoms with Gasteiger partial charge in [0.2, 0.25) is 0 Å². The van der Waals surface area contributed by atoms with Gasteiger partial charge in [-0.3, -0.25) is 9.59 Å². The van der Waals surface area contributed by atoms with Gasteiger partial charge in [-0.15, -0.1) is 0 Å². The highest BCUT2D eigenvalue weighted by Gasteiger charge is 2.23. The van der Waals surface area contributed by atoms with Gasteiger partial charge in [-0.05, 0) is 34.9 Å². The molecule has 2 aromatic carbocycles. The zero-order valence-corrected chi connectivity index (χ0v) is 17.6. The number of nitrogens with two attached hydrogens (primary N) is 1. The Morgan fingerprint density at radius 3 is 2.48 bits per heavy atom. The summed E-state index contributed by atoms with van der Waals surface area (Å²) in [4.78, 5) is 36.7. The Morgan fingerprint density at radius 1 is 1.13 bits per heavy atom. The second kappa shape index (κ2) is 9.59. The summed E-state index contributed by atoms with van der Waals surface area (Å²) in [6, 6.07) is 14.3. The third-order valence-corrected chi connectivity index (χ3v) is 5.29. The first kappa shape index (κ1) is 22.3. The Bertz CT molecular complexity index is 1170. The SMILES string of the molecule is Cn1cccc(-c2ccc(CC(NC(=O)c3c(Cl)cccc3CN)C(=O)O)cc2)c1=O. The van der Waals surface area contributed by atoms with Crippen LogP contribution in [-0.2, 0) is 24.8 Å². The van der Waals surface area contributed by atoms with E-state index in [9.17, 15) is 19.5 Å². The van der Waals surface area contributed by atoms with Crippen LogP contribution in [0, 0.1) is 0 Å². The lowest BCUT2D eigenvalue weighted by atomic mass is 10.0. The quantitative estimate of drug-likeness (QED) is 0.523. The number of aryl methyl sites for hydroxylation is 1. The third kappa shape index (κ3) is 5.02. The lowest BCUT2D eigenvalue weighted by Crippen LogP contribution is -2.42. The molecule has 1 heterocycles. The Balaban J connectivity index is 1.80. The Morgan fingerprint density at radius 2 is 1.84 bits per heavy atom. The molecule has 1 aromatic heterocycles. The number of carboxylic acids is 1. The number of nitrogens with one attached hydrogen (secondary N) is 1. The van der Waals surface area contributed by atoms with E-state index in [-0.39, 0.29) is 29.1 Å². The van der Waals surface area contributed by atoms with Gasteiger partial charge >= 0.3 is 5.97 Å². The first-order valence-electron chi connectivity index (χ1n) is 9.58. The average molecular weight is 440 g/mol. The van der Waals surface area contributed by atoms with E-state index < -0.39 is 17.9 Å². The molecule has 0 saturated carbocycles. The van der Waals surface area contributed by atoms with E-state index in [2.05, 4.69) is 5.32 Å². The normalized spacial score (nSPS) is 11.7. The van der Waals surface area contributed by atoms with E-state index in [4.69, 9.17) is 17.3 Å². The van der Waals surface area contributed by atoms with Gasteiger partial charge in [-0.2, -0.15) is 0 Å². The molecule has 31 heavy (non-hydrogen) atoms. The van der Waals surface area contributed by atoms with Gasteiger partial charge in [0.15, 0.2) is 0 Å². The summed E-state index contributed by atoms with van der Waals surface area (Å²) in [5, 5.41) is 12.3. The zero-order chi connectivity index (χ0) is 22.5. The minimum absolute atomic E-state index is 0.0660. The summed E-state index contributed by atoms with van der Waals surface area (Å²) in [6.07, 6.45) is 1.74. The topological polar surface area (TPSA) is 114 Å². The first-order chi connectivity index (χ1) is 14.8. The fraction of sp³-hybridized carbons (Fsp3) is 0.174. The number of aliphatic carboxylic acids is 1. The number of hydrogen-bond acceptors (Lipinski definition) is 4. The number of carbonyl (C=O) groups excluding carboxylic acids is 1. The van der Waals surface area contributed by atoms with Crippen molar-refractivity contribution in [2.24, 2.45) is 12.8 Å². The second-order valence-electron chi connectivity index (χ2n) is 7.08. The highest BCUT2D eigenvalue weighted by atomic mass is 35.5. The van der Waals surface area contributed by atoms with Crippen LogP contribution in [0.5, 0.6) is 0 Å². The van der Waals surface area contributed by atoms with E-state index in [1.165, 1.54) is 4.57 Å².